The van der Waals surface area contributed by atoms with Gasteiger partial charge in [-0.15, -0.1) is 0 Å². The van der Waals surface area contributed by atoms with Gasteiger partial charge in [-0.1, -0.05) is 18.2 Å². The molecule has 0 aliphatic heterocycles. The van der Waals surface area contributed by atoms with Crippen molar-refractivity contribution in [3.63, 3.8) is 0 Å². The molecule has 92 valence electrons. The Hall–Kier alpha value is -1.39. The van der Waals surface area contributed by atoms with Crippen molar-refractivity contribution in [2.24, 2.45) is 0 Å². The molecule has 1 aromatic rings. The van der Waals surface area contributed by atoms with E-state index in [0.717, 1.165) is 5.75 Å². The number of Topliss-reactive ketones (excluding diaryl/α,β-unsaturated/α-hetero) is 1. The molecule has 0 saturated heterocycles. The van der Waals surface area contributed by atoms with Gasteiger partial charge >= 0.3 is 0 Å². The second-order valence-corrected chi connectivity index (χ2v) is 3.90. The molecular weight excluding hydrogens is 220 g/mol. The topological polar surface area (TPSA) is 44.8 Å². The molecule has 2 rings (SSSR count). The van der Waals surface area contributed by atoms with E-state index in [1.165, 1.54) is 7.11 Å². The summed E-state index contributed by atoms with van der Waals surface area (Å²) in [6, 6.07) is 9.56. The Morgan fingerprint density at radius 3 is 2.65 bits per heavy atom. The average molecular weight is 236 g/mol. The Labute approximate surface area is 100 Å². The van der Waals surface area contributed by atoms with Crippen molar-refractivity contribution >= 4 is 5.78 Å². The number of ether oxygens (including phenoxy) is 3. The minimum atomic E-state index is -0.383. The highest BCUT2D eigenvalue weighted by atomic mass is 16.6. The Kier molecular flexibility index (Phi) is 4.12. The van der Waals surface area contributed by atoms with Gasteiger partial charge < -0.3 is 14.2 Å². The number of hydrogen-bond acceptors (Lipinski definition) is 4. The molecule has 1 fully saturated rings. The summed E-state index contributed by atoms with van der Waals surface area (Å²) in [6.07, 6.45) is -0.0392. The lowest BCUT2D eigenvalue weighted by Gasteiger charge is -2.33. The normalized spacial score (nSPS) is 23.2. The molecule has 0 N–H and O–H groups in total. The Balaban J connectivity index is 1.63. The number of rotatable bonds is 6. The summed E-state index contributed by atoms with van der Waals surface area (Å²) in [5.74, 6) is 0.936. The predicted octanol–water partition coefficient (Wildman–Crippen LogP) is 1.44. The molecule has 0 amide bonds. The summed E-state index contributed by atoms with van der Waals surface area (Å²) in [5.41, 5.74) is 0. The Morgan fingerprint density at radius 1 is 1.24 bits per heavy atom. The molecule has 0 heterocycles. The fraction of sp³-hybridized carbons (Fsp3) is 0.462. The van der Waals surface area contributed by atoms with Gasteiger partial charge in [0.15, 0.2) is 5.78 Å². The van der Waals surface area contributed by atoms with Crippen LogP contribution in [-0.2, 0) is 14.3 Å². The van der Waals surface area contributed by atoms with E-state index in [1.807, 2.05) is 30.3 Å². The van der Waals surface area contributed by atoms with Gasteiger partial charge in [-0.05, 0) is 12.1 Å². The lowest BCUT2D eigenvalue weighted by atomic mass is 9.90. The van der Waals surface area contributed by atoms with E-state index in [-0.39, 0.29) is 18.0 Å². The van der Waals surface area contributed by atoms with Gasteiger partial charge in [0.2, 0.25) is 0 Å². The van der Waals surface area contributed by atoms with Gasteiger partial charge in [-0.3, -0.25) is 4.79 Å². The average Bonchev–Trinajstić information content (AvgIpc) is 2.34. The second-order valence-electron chi connectivity index (χ2n) is 3.90. The van der Waals surface area contributed by atoms with E-state index in [4.69, 9.17) is 14.2 Å². The van der Waals surface area contributed by atoms with Gasteiger partial charge in [0.05, 0.1) is 12.7 Å². The highest BCUT2D eigenvalue weighted by Crippen LogP contribution is 2.22. The van der Waals surface area contributed by atoms with E-state index in [2.05, 4.69) is 0 Å². The highest BCUT2D eigenvalue weighted by Gasteiger charge is 2.40. The molecule has 4 heteroatoms. The van der Waals surface area contributed by atoms with Crippen LogP contribution in [0.15, 0.2) is 30.3 Å². The molecule has 1 aliphatic carbocycles. The Morgan fingerprint density at radius 2 is 2.00 bits per heavy atom. The lowest BCUT2D eigenvalue weighted by molar-refractivity contribution is -0.162. The molecular formula is C13H16O4. The molecule has 1 aromatic carbocycles. The first kappa shape index (κ1) is 12.1. The maximum absolute atomic E-state index is 11.1. The molecule has 0 spiro atoms. The zero-order valence-electron chi connectivity index (χ0n) is 9.80. The summed E-state index contributed by atoms with van der Waals surface area (Å²) in [5, 5.41) is 0. The number of ketones is 1. The number of benzene rings is 1. The molecule has 2 atom stereocenters. The predicted molar refractivity (Wildman–Crippen MR) is 62.1 cm³/mol. The number of methoxy groups -OCH3 is 1. The molecule has 0 radical (unpaired) electrons. The first-order chi connectivity index (χ1) is 8.31. The van der Waals surface area contributed by atoms with Gasteiger partial charge in [0.25, 0.3) is 0 Å². The van der Waals surface area contributed by atoms with Gasteiger partial charge in [0, 0.05) is 13.5 Å². The van der Waals surface area contributed by atoms with Gasteiger partial charge in [-0.2, -0.15) is 0 Å². The SMILES string of the molecule is COC1C(=O)CC1OCCOc1ccccc1. The summed E-state index contributed by atoms with van der Waals surface area (Å²) in [7, 11) is 1.53. The number of para-hydroxylation sites is 1. The number of carbonyl (C=O) groups excluding carboxylic acids is 1. The van der Waals surface area contributed by atoms with Gasteiger partial charge in [0.1, 0.15) is 18.5 Å². The van der Waals surface area contributed by atoms with Crippen molar-refractivity contribution < 1.29 is 19.0 Å². The first-order valence-corrected chi connectivity index (χ1v) is 5.66. The van der Waals surface area contributed by atoms with Crippen molar-refractivity contribution in [1.29, 1.82) is 0 Å². The van der Waals surface area contributed by atoms with Crippen LogP contribution in [0.2, 0.25) is 0 Å². The summed E-state index contributed by atoms with van der Waals surface area (Å²) >= 11 is 0. The van der Waals surface area contributed by atoms with Crippen LogP contribution in [-0.4, -0.2) is 38.3 Å². The van der Waals surface area contributed by atoms with E-state index < -0.39 is 0 Å². The zero-order valence-corrected chi connectivity index (χ0v) is 9.80. The number of hydrogen-bond donors (Lipinski definition) is 0. The Bertz CT molecular complexity index is 363. The third kappa shape index (κ3) is 3.05. The van der Waals surface area contributed by atoms with Crippen molar-refractivity contribution in [3.05, 3.63) is 30.3 Å². The lowest BCUT2D eigenvalue weighted by Crippen LogP contribution is -2.50. The van der Waals surface area contributed by atoms with Crippen LogP contribution >= 0.6 is 0 Å². The first-order valence-electron chi connectivity index (χ1n) is 5.66. The maximum Gasteiger partial charge on any atom is 0.166 e. The third-order valence-corrected chi connectivity index (χ3v) is 2.74. The van der Waals surface area contributed by atoms with Crippen LogP contribution in [0.5, 0.6) is 5.75 Å². The molecule has 0 bridgehead atoms. The molecule has 1 saturated carbocycles. The van der Waals surface area contributed by atoms with Crippen LogP contribution in [0.3, 0.4) is 0 Å². The summed E-state index contributed by atoms with van der Waals surface area (Å²) < 4.78 is 16.0. The van der Waals surface area contributed by atoms with Gasteiger partial charge in [-0.25, -0.2) is 0 Å². The molecule has 1 aliphatic rings. The van der Waals surface area contributed by atoms with Crippen molar-refractivity contribution in [2.75, 3.05) is 20.3 Å². The summed E-state index contributed by atoms with van der Waals surface area (Å²) in [6.45, 7) is 0.942. The quantitative estimate of drug-likeness (QED) is 0.701. The van der Waals surface area contributed by atoms with Crippen LogP contribution in [0.1, 0.15) is 6.42 Å². The fourth-order valence-electron chi connectivity index (χ4n) is 1.77. The molecule has 17 heavy (non-hydrogen) atoms. The summed E-state index contributed by atoms with van der Waals surface area (Å²) in [4.78, 5) is 11.1. The van der Waals surface area contributed by atoms with E-state index in [9.17, 15) is 4.79 Å². The fourth-order valence-corrected chi connectivity index (χ4v) is 1.77. The van der Waals surface area contributed by atoms with Crippen molar-refractivity contribution in [2.45, 2.75) is 18.6 Å². The van der Waals surface area contributed by atoms with Crippen molar-refractivity contribution in [1.82, 2.24) is 0 Å². The van der Waals surface area contributed by atoms with Crippen LogP contribution < -0.4 is 4.74 Å². The standard InChI is InChI=1S/C13H16O4/c1-15-13-11(14)9-12(13)17-8-7-16-10-5-3-2-4-6-10/h2-6,12-13H,7-9H2,1H3. The number of carbonyl (C=O) groups is 1. The second kappa shape index (κ2) is 5.80. The minimum absolute atomic E-state index is 0.105. The largest absolute Gasteiger partial charge is 0.491 e. The molecule has 2 unspecified atom stereocenters. The van der Waals surface area contributed by atoms with Crippen LogP contribution in [0.25, 0.3) is 0 Å². The minimum Gasteiger partial charge on any atom is -0.491 e. The molecule has 0 aromatic heterocycles. The molecule has 4 nitrogen and oxygen atoms in total. The van der Waals surface area contributed by atoms with Crippen molar-refractivity contribution in [3.8, 4) is 5.75 Å². The van der Waals surface area contributed by atoms with E-state index >= 15 is 0 Å². The monoisotopic (exact) mass is 236 g/mol. The highest BCUT2D eigenvalue weighted by molar-refractivity contribution is 5.90. The van der Waals surface area contributed by atoms with E-state index in [0.29, 0.717) is 19.6 Å². The van der Waals surface area contributed by atoms with E-state index in [1.54, 1.807) is 0 Å². The third-order valence-electron chi connectivity index (χ3n) is 2.74. The smallest absolute Gasteiger partial charge is 0.166 e. The van der Waals surface area contributed by atoms with Crippen LogP contribution in [0.4, 0.5) is 0 Å². The van der Waals surface area contributed by atoms with Crippen LogP contribution in [0, 0.1) is 0 Å². The maximum atomic E-state index is 11.1. The zero-order chi connectivity index (χ0) is 12.1.